The van der Waals surface area contributed by atoms with E-state index in [4.69, 9.17) is 6.42 Å². The zero-order valence-electron chi connectivity index (χ0n) is 6.93. The van der Waals surface area contributed by atoms with Gasteiger partial charge in [-0.25, -0.2) is 0 Å². The Morgan fingerprint density at radius 1 is 1.40 bits per heavy atom. The van der Waals surface area contributed by atoms with Gasteiger partial charge in [-0.1, -0.05) is 26.7 Å². The Balaban J connectivity index is 2.40. The molecule has 0 aromatic rings. The van der Waals surface area contributed by atoms with Gasteiger partial charge in [-0.15, -0.1) is 12.3 Å². The van der Waals surface area contributed by atoms with Crippen LogP contribution < -0.4 is 0 Å². The van der Waals surface area contributed by atoms with E-state index in [1.807, 2.05) is 0 Å². The first-order valence-corrected chi connectivity index (χ1v) is 4.29. The van der Waals surface area contributed by atoms with E-state index in [0.29, 0.717) is 5.92 Å². The van der Waals surface area contributed by atoms with Crippen molar-refractivity contribution < 1.29 is 0 Å². The summed E-state index contributed by atoms with van der Waals surface area (Å²) >= 11 is 0. The molecule has 0 heterocycles. The monoisotopic (exact) mass is 136 g/mol. The van der Waals surface area contributed by atoms with Crippen LogP contribution >= 0.6 is 0 Å². The fourth-order valence-corrected chi connectivity index (χ4v) is 2.09. The van der Waals surface area contributed by atoms with Crippen molar-refractivity contribution in [1.82, 2.24) is 0 Å². The first kappa shape index (κ1) is 7.66. The maximum Gasteiger partial charge on any atom is 0.0233 e. The highest BCUT2D eigenvalue weighted by Crippen LogP contribution is 2.43. The first-order valence-electron chi connectivity index (χ1n) is 4.29. The predicted octanol–water partition coefficient (Wildman–Crippen LogP) is 2.69. The van der Waals surface area contributed by atoms with Gasteiger partial charge in [0.1, 0.15) is 0 Å². The van der Waals surface area contributed by atoms with Gasteiger partial charge in [-0.2, -0.15) is 0 Å². The zero-order chi connectivity index (χ0) is 7.56. The Morgan fingerprint density at radius 3 is 2.50 bits per heavy atom. The number of hydrogen-bond acceptors (Lipinski definition) is 0. The van der Waals surface area contributed by atoms with Crippen LogP contribution in [0, 0.1) is 30.1 Å². The van der Waals surface area contributed by atoms with Crippen LogP contribution in [0.1, 0.15) is 33.1 Å². The van der Waals surface area contributed by atoms with Crippen molar-refractivity contribution >= 4 is 0 Å². The van der Waals surface area contributed by atoms with Gasteiger partial charge in [0.25, 0.3) is 0 Å². The second kappa shape index (κ2) is 3.10. The summed E-state index contributed by atoms with van der Waals surface area (Å²) in [5.74, 6) is 5.25. The van der Waals surface area contributed by atoms with Gasteiger partial charge in [0.05, 0.1) is 0 Å². The van der Waals surface area contributed by atoms with Crippen LogP contribution in [0.3, 0.4) is 0 Å². The summed E-state index contributed by atoms with van der Waals surface area (Å²) in [4.78, 5) is 0. The maximum absolute atomic E-state index is 5.37. The van der Waals surface area contributed by atoms with Crippen molar-refractivity contribution in [2.45, 2.75) is 33.1 Å². The van der Waals surface area contributed by atoms with Crippen LogP contribution in [-0.4, -0.2) is 0 Å². The van der Waals surface area contributed by atoms with Crippen LogP contribution in [0.5, 0.6) is 0 Å². The van der Waals surface area contributed by atoms with Crippen molar-refractivity contribution in [2.24, 2.45) is 17.8 Å². The lowest BCUT2D eigenvalue weighted by Crippen LogP contribution is -2.34. The summed E-state index contributed by atoms with van der Waals surface area (Å²) in [6.07, 6.45) is 9.24. The van der Waals surface area contributed by atoms with E-state index >= 15 is 0 Å². The minimum absolute atomic E-state index is 0.606. The normalized spacial score (nSPS) is 38.3. The van der Waals surface area contributed by atoms with Gasteiger partial charge >= 0.3 is 0 Å². The summed E-state index contributed by atoms with van der Waals surface area (Å²) in [5.41, 5.74) is 0. The molecule has 0 nitrogen and oxygen atoms in total. The molecule has 1 aliphatic rings. The average molecular weight is 136 g/mol. The molecule has 1 rings (SSSR count). The molecular weight excluding hydrogens is 120 g/mol. The van der Waals surface area contributed by atoms with E-state index in [0.717, 1.165) is 11.8 Å². The standard InChI is InChI=1S/C10H16/c1-4-8-7-9(5-2)10(8)6-3/h1,8-10H,5-7H2,2-3H3. The fraction of sp³-hybridized carbons (Fsp3) is 0.800. The molecule has 0 amide bonds. The lowest BCUT2D eigenvalue weighted by Gasteiger charge is -2.41. The van der Waals surface area contributed by atoms with Gasteiger partial charge in [-0.3, -0.25) is 0 Å². The quantitative estimate of drug-likeness (QED) is 0.512. The van der Waals surface area contributed by atoms with E-state index in [1.165, 1.54) is 19.3 Å². The minimum Gasteiger partial charge on any atom is -0.120 e. The third kappa shape index (κ3) is 1.06. The molecule has 3 atom stereocenters. The number of hydrogen-bond donors (Lipinski definition) is 0. The van der Waals surface area contributed by atoms with Gasteiger partial charge in [0.2, 0.25) is 0 Å². The highest BCUT2D eigenvalue weighted by Gasteiger charge is 2.36. The topological polar surface area (TPSA) is 0 Å². The molecule has 3 unspecified atom stereocenters. The first-order chi connectivity index (χ1) is 4.83. The highest BCUT2D eigenvalue weighted by molar-refractivity contribution is 5.04. The van der Waals surface area contributed by atoms with Crippen LogP contribution in [0.2, 0.25) is 0 Å². The molecular formula is C10H16. The van der Waals surface area contributed by atoms with Gasteiger partial charge < -0.3 is 0 Å². The van der Waals surface area contributed by atoms with Crippen molar-refractivity contribution in [3.8, 4) is 12.3 Å². The molecule has 0 saturated heterocycles. The molecule has 0 heteroatoms. The minimum atomic E-state index is 0.606. The van der Waals surface area contributed by atoms with Crippen molar-refractivity contribution in [1.29, 1.82) is 0 Å². The smallest absolute Gasteiger partial charge is 0.0233 e. The third-order valence-corrected chi connectivity index (χ3v) is 2.89. The summed E-state index contributed by atoms with van der Waals surface area (Å²) in [6, 6.07) is 0. The Morgan fingerprint density at radius 2 is 2.10 bits per heavy atom. The van der Waals surface area contributed by atoms with Crippen LogP contribution in [-0.2, 0) is 0 Å². The second-order valence-corrected chi connectivity index (χ2v) is 3.25. The Labute approximate surface area is 64.0 Å². The molecule has 1 aliphatic carbocycles. The molecule has 1 saturated carbocycles. The van der Waals surface area contributed by atoms with E-state index in [2.05, 4.69) is 19.8 Å². The predicted molar refractivity (Wildman–Crippen MR) is 44.5 cm³/mol. The van der Waals surface area contributed by atoms with Crippen LogP contribution in [0.15, 0.2) is 0 Å². The summed E-state index contributed by atoms with van der Waals surface area (Å²) < 4.78 is 0. The number of rotatable bonds is 2. The van der Waals surface area contributed by atoms with E-state index in [-0.39, 0.29) is 0 Å². The van der Waals surface area contributed by atoms with Crippen LogP contribution in [0.4, 0.5) is 0 Å². The molecule has 0 bridgehead atoms. The second-order valence-electron chi connectivity index (χ2n) is 3.25. The molecule has 0 aliphatic heterocycles. The van der Waals surface area contributed by atoms with Crippen LogP contribution in [0.25, 0.3) is 0 Å². The Kier molecular flexibility index (Phi) is 2.38. The molecule has 0 aromatic carbocycles. The third-order valence-electron chi connectivity index (χ3n) is 2.89. The van der Waals surface area contributed by atoms with Gasteiger partial charge in [0.15, 0.2) is 0 Å². The van der Waals surface area contributed by atoms with Gasteiger partial charge in [-0.05, 0) is 18.3 Å². The molecule has 10 heavy (non-hydrogen) atoms. The molecule has 0 spiro atoms. The molecule has 0 N–H and O–H groups in total. The van der Waals surface area contributed by atoms with Gasteiger partial charge in [0, 0.05) is 5.92 Å². The van der Waals surface area contributed by atoms with E-state index in [9.17, 15) is 0 Å². The highest BCUT2D eigenvalue weighted by atomic mass is 14.4. The summed E-state index contributed by atoms with van der Waals surface area (Å²) in [7, 11) is 0. The summed E-state index contributed by atoms with van der Waals surface area (Å²) in [5, 5.41) is 0. The number of terminal acetylenes is 1. The SMILES string of the molecule is C#CC1CC(CC)C1CC. The van der Waals surface area contributed by atoms with Crippen molar-refractivity contribution in [2.75, 3.05) is 0 Å². The molecule has 0 radical (unpaired) electrons. The van der Waals surface area contributed by atoms with Crippen molar-refractivity contribution in [3.63, 3.8) is 0 Å². The largest absolute Gasteiger partial charge is 0.120 e. The van der Waals surface area contributed by atoms with Crippen molar-refractivity contribution in [3.05, 3.63) is 0 Å². The molecule has 0 aromatic heterocycles. The van der Waals surface area contributed by atoms with E-state index in [1.54, 1.807) is 0 Å². The van der Waals surface area contributed by atoms with E-state index < -0.39 is 0 Å². The molecule has 1 fully saturated rings. The Hall–Kier alpha value is -0.440. The lowest BCUT2D eigenvalue weighted by molar-refractivity contribution is 0.107. The average Bonchev–Trinajstić information content (AvgIpc) is 1.89. The fourth-order valence-electron chi connectivity index (χ4n) is 2.09. The summed E-state index contributed by atoms with van der Waals surface area (Å²) in [6.45, 7) is 4.51. The molecule has 56 valence electrons. The Bertz CT molecular complexity index is 141. The lowest BCUT2D eigenvalue weighted by atomic mass is 9.63. The zero-order valence-corrected chi connectivity index (χ0v) is 6.93. The maximum atomic E-state index is 5.37.